The van der Waals surface area contributed by atoms with Crippen LogP contribution in [0.3, 0.4) is 0 Å². The molecule has 0 spiro atoms. The van der Waals surface area contributed by atoms with Crippen molar-refractivity contribution in [3.8, 4) is 12.1 Å². The van der Waals surface area contributed by atoms with Crippen LogP contribution in [0.1, 0.15) is 90.9 Å². The highest BCUT2D eigenvalue weighted by atomic mass is 15.2. The monoisotopic (exact) mass is 328 g/mol. The van der Waals surface area contributed by atoms with Crippen LogP contribution in [0.5, 0.6) is 0 Å². The van der Waals surface area contributed by atoms with Crippen LogP contribution >= 0.6 is 0 Å². The first-order chi connectivity index (χ1) is 11.5. The number of nitrogens with zero attached hydrogens (tertiary/aromatic N) is 4. The van der Waals surface area contributed by atoms with Gasteiger partial charge in [0.2, 0.25) is 0 Å². The SMILES string of the molecule is CC(C#N)(N=NC(C)(C#N)C1CCCCCC1)C1CCCCCC1. The third kappa shape index (κ3) is 4.56. The van der Waals surface area contributed by atoms with E-state index in [2.05, 4.69) is 22.4 Å². The molecule has 2 atom stereocenters. The Morgan fingerprint density at radius 1 is 0.625 bits per heavy atom. The highest BCUT2D eigenvalue weighted by molar-refractivity contribution is 5.11. The highest BCUT2D eigenvalue weighted by Gasteiger charge is 2.39. The van der Waals surface area contributed by atoms with E-state index in [4.69, 9.17) is 0 Å². The minimum atomic E-state index is -0.785. The van der Waals surface area contributed by atoms with E-state index in [9.17, 15) is 10.5 Å². The van der Waals surface area contributed by atoms with Crippen LogP contribution in [0.15, 0.2) is 10.2 Å². The minimum absolute atomic E-state index is 0.269. The van der Waals surface area contributed by atoms with Crippen LogP contribution in [0.2, 0.25) is 0 Å². The Bertz CT molecular complexity index is 453. The first-order valence-electron chi connectivity index (χ1n) is 9.80. The molecular formula is C20H32N4. The first kappa shape index (κ1) is 18.9. The van der Waals surface area contributed by atoms with Gasteiger partial charge in [-0.05, 0) is 51.4 Å². The van der Waals surface area contributed by atoms with Gasteiger partial charge in [-0.3, -0.25) is 0 Å². The standard InChI is InChI=1S/C20H32N4/c1-19(15-21,17-11-7-3-4-8-12-17)23-24-20(2,16-22)18-13-9-5-6-10-14-18/h17-18H,3-14H2,1-2H3. The van der Waals surface area contributed by atoms with Crippen molar-refractivity contribution in [3.05, 3.63) is 0 Å². The lowest BCUT2D eigenvalue weighted by Crippen LogP contribution is -2.34. The molecule has 2 fully saturated rings. The molecule has 24 heavy (non-hydrogen) atoms. The third-order valence-corrected chi connectivity index (χ3v) is 6.22. The Morgan fingerprint density at radius 3 is 1.17 bits per heavy atom. The maximum atomic E-state index is 9.77. The average Bonchev–Trinajstić information content (AvgIpc) is 3.05. The molecule has 2 aliphatic carbocycles. The van der Waals surface area contributed by atoms with Crippen molar-refractivity contribution in [2.45, 2.75) is 102 Å². The fourth-order valence-electron chi connectivity index (χ4n) is 4.28. The van der Waals surface area contributed by atoms with Gasteiger partial charge in [-0.2, -0.15) is 20.8 Å². The van der Waals surface area contributed by atoms with Crippen molar-refractivity contribution in [1.29, 1.82) is 10.5 Å². The molecule has 2 aliphatic rings. The molecule has 0 heterocycles. The molecule has 0 aromatic heterocycles. The van der Waals surface area contributed by atoms with Crippen LogP contribution in [0.25, 0.3) is 0 Å². The van der Waals surface area contributed by atoms with Gasteiger partial charge in [0.1, 0.15) is 0 Å². The van der Waals surface area contributed by atoms with Crippen molar-refractivity contribution in [1.82, 2.24) is 0 Å². The normalized spacial score (nSPS) is 26.5. The Morgan fingerprint density at radius 2 is 0.917 bits per heavy atom. The van der Waals surface area contributed by atoms with E-state index in [0.29, 0.717) is 0 Å². The lowest BCUT2D eigenvalue weighted by Gasteiger charge is -2.30. The van der Waals surface area contributed by atoms with E-state index < -0.39 is 11.1 Å². The smallest absolute Gasteiger partial charge is 0.167 e. The molecule has 0 aliphatic heterocycles. The highest BCUT2D eigenvalue weighted by Crippen LogP contribution is 2.38. The van der Waals surface area contributed by atoms with Crippen LogP contribution in [0.4, 0.5) is 0 Å². The molecule has 2 rings (SSSR count). The lowest BCUT2D eigenvalue weighted by molar-refractivity contribution is 0.278. The second kappa shape index (κ2) is 8.61. The third-order valence-electron chi connectivity index (χ3n) is 6.22. The molecule has 0 bridgehead atoms. The zero-order valence-corrected chi connectivity index (χ0v) is 15.4. The van der Waals surface area contributed by atoms with Gasteiger partial charge in [0.15, 0.2) is 11.1 Å². The molecule has 132 valence electrons. The van der Waals surface area contributed by atoms with Crippen molar-refractivity contribution >= 4 is 0 Å². The molecular weight excluding hydrogens is 296 g/mol. The summed E-state index contributed by atoms with van der Waals surface area (Å²) in [6.45, 7) is 3.83. The average molecular weight is 329 g/mol. The van der Waals surface area contributed by atoms with E-state index in [0.717, 1.165) is 25.7 Å². The van der Waals surface area contributed by atoms with Gasteiger partial charge in [-0.25, -0.2) is 0 Å². The van der Waals surface area contributed by atoms with Crippen molar-refractivity contribution in [2.24, 2.45) is 22.1 Å². The molecule has 4 nitrogen and oxygen atoms in total. The number of azo groups is 1. The van der Waals surface area contributed by atoms with Crippen LogP contribution in [-0.4, -0.2) is 11.1 Å². The minimum Gasteiger partial charge on any atom is -0.196 e. The van der Waals surface area contributed by atoms with Crippen molar-refractivity contribution in [2.75, 3.05) is 0 Å². The summed E-state index contributed by atoms with van der Waals surface area (Å²) in [7, 11) is 0. The van der Waals surface area contributed by atoms with Gasteiger partial charge in [0.05, 0.1) is 12.1 Å². The number of hydrogen-bond donors (Lipinski definition) is 0. The van der Waals surface area contributed by atoms with E-state index in [1.165, 1.54) is 51.4 Å². The summed E-state index contributed by atoms with van der Waals surface area (Å²) in [4.78, 5) is 0. The number of nitriles is 2. The molecule has 2 saturated carbocycles. The van der Waals surface area contributed by atoms with Gasteiger partial charge in [0, 0.05) is 0 Å². The number of hydrogen-bond acceptors (Lipinski definition) is 4. The predicted molar refractivity (Wildman–Crippen MR) is 95.3 cm³/mol. The van der Waals surface area contributed by atoms with Crippen LogP contribution < -0.4 is 0 Å². The maximum Gasteiger partial charge on any atom is 0.167 e. The second-order valence-electron chi connectivity index (χ2n) is 8.10. The largest absolute Gasteiger partial charge is 0.196 e. The zero-order valence-electron chi connectivity index (χ0n) is 15.4. The summed E-state index contributed by atoms with van der Waals surface area (Å²) in [5.41, 5.74) is -1.57. The summed E-state index contributed by atoms with van der Waals surface area (Å²) in [5, 5.41) is 28.6. The lowest BCUT2D eigenvalue weighted by atomic mass is 9.81. The van der Waals surface area contributed by atoms with Gasteiger partial charge in [-0.15, -0.1) is 0 Å². The number of rotatable bonds is 4. The van der Waals surface area contributed by atoms with E-state index in [1.807, 2.05) is 13.8 Å². The first-order valence-corrected chi connectivity index (χ1v) is 9.80. The van der Waals surface area contributed by atoms with Crippen LogP contribution in [-0.2, 0) is 0 Å². The summed E-state index contributed by atoms with van der Waals surface area (Å²) in [5.74, 6) is 0.539. The zero-order chi connectivity index (χ0) is 17.5. The quantitative estimate of drug-likeness (QED) is 0.473. The van der Waals surface area contributed by atoms with Gasteiger partial charge >= 0.3 is 0 Å². The molecule has 0 amide bonds. The van der Waals surface area contributed by atoms with Crippen molar-refractivity contribution < 1.29 is 0 Å². The topological polar surface area (TPSA) is 72.3 Å². The summed E-state index contributed by atoms with van der Waals surface area (Å²) < 4.78 is 0. The van der Waals surface area contributed by atoms with Gasteiger partial charge in [-0.1, -0.05) is 51.4 Å². The molecule has 0 aromatic rings. The summed E-state index contributed by atoms with van der Waals surface area (Å²) >= 11 is 0. The Balaban J connectivity index is 2.16. The second-order valence-corrected chi connectivity index (χ2v) is 8.10. The molecule has 0 N–H and O–H groups in total. The predicted octanol–water partition coefficient (Wildman–Crippen LogP) is 5.94. The molecule has 2 unspecified atom stereocenters. The van der Waals surface area contributed by atoms with Gasteiger partial charge < -0.3 is 0 Å². The van der Waals surface area contributed by atoms with E-state index in [-0.39, 0.29) is 11.8 Å². The fourth-order valence-corrected chi connectivity index (χ4v) is 4.28. The summed E-state index contributed by atoms with van der Waals surface area (Å²) in [6.07, 6.45) is 13.9. The van der Waals surface area contributed by atoms with E-state index in [1.54, 1.807) is 0 Å². The van der Waals surface area contributed by atoms with Crippen LogP contribution in [0, 0.1) is 34.5 Å². The fraction of sp³-hybridized carbons (Fsp3) is 0.900. The molecule has 0 radical (unpaired) electrons. The van der Waals surface area contributed by atoms with Crippen molar-refractivity contribution in [3.63, 3.8) is 0 Å². The Labute approximate surface area is 147 Å². The van der Waals surface area contributed by atoms with E-state index >= 15 is 0 Å². The Kier molecular flexibility index (Phi) is 6.79. The molecule has 0 saturated heterocycles. The van der Waals surface area contributed by atoms with Gasteiger partial charge in [0.25, 0.3) is 0 Å². The maximum absolute atomic E-state index is 9.77. The molecule has 4 heteroatoms. The Hall–Kier alpha value is -1.42. The molecule has 0 aromatic carbocycles. The summed E-state index contributed by atoms with van der Waals surface area (Å²) in [6, 6.07) is 4.84.